The van der Waals surface area contributed by atoms with Crippen LogP contribution >= 0.6 is 0 Å². The van der Waals surface area contributed by atoms with E-state index in [0.717, 1.165) is 17.7 Å². The average Bonchev–Trinajstić information content (AvgIpc) is 3.25. The summed E-state index contributed by atoms with van der Waals surface area (Å²) in [4.78, 5) is 6.03. The fraction of sp³-hybridized carbons (Fsp3) is 0.429. The molecule has 4 rings (SSSR count). The van der Waals surface area contributed by atoms with Gasteiger partial charge in [-0.3, -0.25) is 4.84 Å². The van der Waals surface area contributed by atoms with Crippen molar-refractivity contribution in [3.05, 3.63) is 71.8 Å². The van der Waals surface area contributed by atoms with Crippen LogP contribution in [-0.2, 0) is 15.2 Å². The van der Waals surface area contributed by atoms with Crippen LogP contribution in [0.25, 0.3) is 0 Å². The molecule has 1 unspecified atom stereocenters. The highest BCUT2D eigenvalue weighted by molar-refractivity contribution is 5.38. The summed E-state index contributed by atoms with van der Waals surface area (Å²) in [6, 6.07) is 19.6. The lowest BCUT2D eigenvalue weighted by atomic mass is 9.80. The van der Waals surface area contributed by atoms with Crippen LogP contribution in [-0.4, -0.2) is 41.6 Å². The molecule has 2 aliphatic heterocycles. The number of benzene rings is 2. The molecule has 2 aromatic carbocycles. The van der Waals surface area contributed by atoms with Gasteiger partial charge < -0.3 is 9.84 Å². The van der Waals surface area contributed by atoms with Crippen molar-refractivity contribution in [2.75, 3.05) is 13.2 Å². The normalized spacial score (nSPS) is 28.0. The third-order valence-corrected chi connectivity index (χ3v) is 5.68. The van der Waals surface area contributed by atoms with E-state index in [-0.39, 0.29) is 18.2 Å². The zero-order valence-corrected chi connectivity index (χ0v) is 14.7. The molecule has 2 saturated heterocycles. The van der Waals surface area contributed by atoms with Crippen LogP contribution in [0.3, 0.4) is 0 Å². The molecule has 0 aromatic heterocycles. The van der Waals surface area contributed by atoms with Gasteiger partial charge in [0.25, 0.3) is 0 Å². The number of hydroxylamine groups is 2. The largest absolute Gasteiger partial charge is 0.379 e. The minimum atomic E-state index is -1.17. The van der Waals surface area contributed by atoms with Crippen LogP contribution in [0.1, 0.15) is 25.0 Å². The van der Waals surface area contributed by atoms with E-state index in [2.05, 4.69) is 6.92 Å². The summed E-state index contributed by atoms with van der Waals surface area (Å²) in [5, 5.41) is 13.9. The van der Waals surface area contributed by atoms with Crippen LogP contribution in [0.5, 0.6) is 0 Å². The van der Waals surface area contributed by atoms with E-state index in [0.29, 0.717) is 12.5 Å². The minimum Gasteiger partial charge on any atom is -0.379 e. The molecule has 2 heterocycles. The first-order chi connectivity index (χ1) is 12.1. The van der Waals surface area contributed by atoms with Gasteiger partial charge in [-0.05, 0) is 25.0 Å². The third kappa shape index (κ3) is 2.70. The Morgan fingerprint density at radius 2 is 1.56 bits per heavy atom. The number of ether oxygens (including phenoxy) is 1. The topological polar surface area (TPSA) is 41.9 Å². The molecule has 0 saturated carbocycles. The molecule has 0 spiro atoms. The van der Waals surface area contributed by atoms with Crippen LogP contribution in [0, 0.1) is 5.92 Å². The van der Waals surface area contributed by atoms with Gasteiger partial charge in [-0.1, -0.05) is 60.7 Å². The van der Waals surface area contributed by atoms with Gasteiger partial charge in [-0.25, -0.2) is 0 Å². The van der Waals surface area contributed by atoms with Crippen LogP contribution < -0.4 is 0 Å². The Hall–Kier alpha value is -1.72. The number of rotatable bonds is 4. The summed E-state index contributed by atoms with van der Waals surface area (Å²) >= 11 is 0. The van der Waals surface area contributed by atoms with Crippen molar-refractivity contribution in [3.8, 4) is 0 Å². The number of hydrogen-bond acceptors (Lipinski definition) is 4. The van der Waals surface area contributed by atoms with Crippen LogP contribution in [0.15, 0.2) is 60.7 Å². The lowest BCUT2D eigenvalue weighted by molar-refractivity contribution is -0.210. The maximum atomic E-state index is 11.9. The van der Waals surface area contributed by atoms with Crippen molar-refractivity contribution >= 4 is 0 Å². The number of nitrogens with zero attached hydrogens (tertiary/aromatic N) is 1. The molecule has 0 bridgehead atoms. The first-order valence-corrected chi connectivity index (χ1v) is 8.98. The molecule has 0 aliphatic carbocycles. The summed E-state index contributed by atoms with van der Waals surface area (Å²) < 4.78 is 5.82. The predicted octanol–water partition coefficient (Wildman–Crippen LogP) is 2.96. The van der Waals surface area contributed by atoms with E-state index in [4.69, 9.17) is 9.57 Å². The molecule has 132 valence electrons. The average molecular weight is 339 g/mol. The van der Waals surface area contributed by atoms with E-state index in [9.17, 15) is 5.11 Å². The van der Waals surface area contributed by atoms with Gasteiger partial charge in [-0.15, -0.1) is 0 Å². The Morgan fingerprint density at radius 1 is 1.00 bits per heavy atom. The number of fused-ring (bicyclic) bond motifs is 1. The Labute approximate surface area is 148 Å². The second-order valence-corrected chi connectivity index (χ2v) is 7.12. The molecule has 2 aliphatic rings. The van der Waals surface area contributed by atoms with E-state index in [1.165, 1.54) is 0 Å². The van der Waals surface area contributed by atoms with E-state index < -0.39 is 5.60 Å². The zero-order valence-electron chi connectivity index (χ0n) is 14.7. The Kier molecular flexibility index (Phi) is 4.38. The Morgan fingerprint density at radius 3 is 2.12 bits per heavy atom. The molecular weight excluding hydrogens is 314 g/mol. The van der Waals surface area contributed by atoms with Gasteiger partial charge in [0.05, 0.1) is 31.4 Å². The zero-order chi connectivity index (χ0) is 17.4. The van der Waals surface area contributed by atoms with Crippen molar-refractivity contribution in [2.45, 2.75) is 37.6 Å². The molecule has 4 nitrogen and oxygen atoms in total. The van der Waals surface area contributed by atoms with Crippen LogP contribution in [0.2, 0.25) is 0 Å². The monoisotopic (exact) mass is 339 g/mol. The molecule has 0 radical (unpaired) electrons. The molecular formula is C21H25NO3. The van der Waals surface area contributed by atoms with E-state index in [1.54, 1.807) is 0 Å². The second-order valence-electron chi connectivity index (χ2n) is 7.12. The first-order valence-electron chi connectivity index (χ1n) is 8.98. The lowest BCUT2D eigenvalue weighted by Crippen LogP contribution is -2.53. The van der Waals surface area contributed by atoms with Gasteiger partial charge in [0.1, 0.15) is 5.60 Å². The first kappa shape index (κ1) is 16.7. The molecule has 25 heavy (non-hydrogen) atoms. The van der Waals surface area contributed by atoms with Crippen molar-refractivity contribution in [3.63, 3.8) is 0 Å². The summed E-state index contributed by atoms with van der Waals surface area (Å²) in [7, 11) is 0. The van der Waals surface area contributed by atoms with Crippen LogP contribution in [0.4, 0.5) is 0 Å². The molecule has 2 aromatic rings. The third-order valence-electron chi connectivity index (χ3n) is 5.68. The standard InChI is InChI=1S/C21H25NO3/c1-15-20-17(13-24-15)14-25-22(20)16(2)21(23,18-9-5-3-6-10-18)19-11-7-4-8-12-19/h3-12,15-17,20,23H,13-14H2,1-2H3/t15-,16?,17-,20-/m0/s1. The van der Waals surface area contributed by atoms with Gasteiger partial charge >= 0.3 is 0 Å². The van der Waals surface area contributed by atoms with E-state index in [1.807, 2.05) is 72.7 Å². The maximum Gasteiger partial charge on any atom is 0.132 e. The molecule has 2 fully saturated rings. The van der Waals surface area contributed by atoms with Crippen molar-refractivity contribution in [1.29, 1.82) is 0 Å². The summed E-state index contributed by atoms with van der Waals surface area (Å²) in [5.74, 6) is 0.369. The van der Waals surface area contributed by atoms with Gasteiger partial charge in [0, 0.05) is 5.92 Å². The molecule has 1 N–H and O–H groups in total. The lowest BCUT2D eigenvalue weighted by Gasteiger charge is -2.41. The molecule has 4 heteroatoms. The smallest absolute Gasteiger partial charge is 0.132 e. The maximum absolute atomic E-state index is 11.9. The highest BCUT2D eigenvalue weighted by Gasteiger charge is 2.51. The fourth-order valence-corrected chi connectivity index (χ4v) is 4.27. The van der Waals surface area contributed by atoms with Gasteiger partial charge in [0.15, 0.2) is 0 Å². The van der Waals surface area contributed by atoms with Gasteiger partial charge in [-0.2, -0.15) is 5.06 Å². The Balaban J connectivity index is 1.76. The highest BCUT2D eigenvalue weighted by atomic mass is 16.7. The quantitative estimate of drug-likeness (QED) is 0.930. The highest BCUT2D eigenvalue weighted by Crippen LogP contribution is 2.41. The number of hydrogen-bond donors (Lipinski definition) is 1. The summed E-state index contributed by atoms with van der Waals surface area (Å²) in [6.07, 6.45) is 0.103. The molecule has 4 atom stereocenters. The Bertz CT molecular complexity index is 666. The SMILES string of the molecule is CC(N1OC[C@@H]2CO[C@@H](C)[C@@H]21)C(O)(c1ccccc1)c1ccccc1. The molecule has 0 amide bonds. The minimum absolute atomic E-state index is 0.103. The van der Waals surface area contributed by atoms with Crippen molar-refractivity contribution in [2.24, 2.45) is 5.92 Å². The van der Waals surface area contributed by atoms with Gasteiger partial charge in [0.2, 0.25) is 0 Å². The van der Waals surface area contributed by atoms with Crippen molar-refractivity contribution < 1.29 is 14.7 Å². The van der Waals surface area contributed by atoms with Crippen molar-refractivity contribution in [1.82, 2.24) is 5.06 Å². The predicted molar refractivity (Wildman–Crippen MR) is 95.8 cm³/mol. The van der Waals surface area contributed by atoms with E-state index >= 15 is 0 Å². The number of aliphatic hydroxyl groups is 1. The summed E-state index contributed by atoms with van der Waals surface area (Å²) in [5.41, 5.74) is 0.569. The summed E-state index contributed by atoms with van der Waals surface area (Å²) in [6.45, 7) is 5.50. The second kappa shape index (κ2) is 6.54. The fourth-order valence-electron chi connectivity index (χ4n) is 4.27.